The van der Waals surface area contributed by atoms with Crippen molar-refractivity contribution in [2.75, 3.05) is 0 Å². The summed E-state index contributed by atoms with van der Waals surface area (Å²) < 4.78 is 5.81. The molecule has 0 spiro atoms. The Morgan fingerprint density at radius 2 is 1.61 bits per heavy atom. The van der Waals surface area contributed by atoms with Crippen LogP contribution in [0.3, 0.4) is 0 Å². The number of aromatic nitrogens is 2. The zero-order valence-electron chi connectivity index (χ0n) is 17.7. The van der Waals surface area contributed by atoms with Crippen LogP contribution in [0.1, 0.15) is 28.5 Å². The van der Waals surface area contributed by atoms with E-state index in [-0.39, 0.29) is 5.91 Å². The molecule has 0 bridgehead atoms. The normalized spacial score (nSPS) is 11.3. The molecule has 3 aromatic carbocycles. The number of hydrogen-bond donors (Lipinski definition) is 2. The highest BCUT2D eigenvalue weighted by molar-refractivity contribution is 6.30. The Morgan fingerprint density at radius 1 is 0.970 bits per heavy atom. The number of halogens is 2. The van der Waals surface area contributed by atoms with E-state index in [9.17, 15) is 4.79 Å². The van der Waals surface area contributed by atoms with E-state index in [4.69, 9.17) is 27.9 Å². The number of ether oxygens (including phenoxy) is 1. The van der Waals surface area contributed by atoms with Gasteiger partial charge in [0.2, 0.25) is 0 Å². The number of benzene rings is 3. The second-order valence-corrected chi connectivity index (χ2v) is 8.12. The van der Waals surface area contributed by atoms with Crippen LogP contribution in [0.4, 0.5) is 0 Å². The molecule has 0 aliphatic carbocycles. The van der Waals surface area contributed by atoms with Crippen LogP contribution in [-0.2, 0) is 6.61 Å². The fraction of sp³-hybridized carbons (Fsp3) is 0.0800. The number of rotatable bonds is 7. The maximum Gasteiger partial charge on any atom is 0.289 e. The summed E-state index contributed by atoms with van der Waals surface area (Å²) in [5, 5.41) is 12.5. The molecule has 1 amide bonds. The van der Waals surface area contributed by atoms with Crippen molar-refractivity contribution >= 4 is 34.8 Å². The van der Waals surface area contributed by atoms with Crippen molar-refractivity contribution in [1.82, 2.24) is 15.6 Å². The van der Waals surface area contributed by atoms with Crippen LogP contribution in [0, 0.1) is 0 Å². The zero-order valence-corrected chi connectivity index (χ0v) is 19.2. The van der Waals surface area contributed by atoms with Crippen molar-refractivity contribution in [2.24, 2.45) is 5.10 Å². The topological polar surface area (TPSA) is 79.4 Å². The fourth-order valence-electron chi connectivity index (χ4n) is 3.01. The highest BCUT2D eigenvalue weighted by atomic mass is 35.5. The lowest BCUT2D eigenvalue weighted by Gasteiger charge is -2.07. The van der Waals surface area contributed by atoms with E-state index in [1.54, 1.807) is 25.1 Å². The number of hydrazone groups is 1. The third kappa shape index (κ3) is 6.00. The smallest absolute Gasteiger partial charge is 0.289 e. The molecule has 0 radical (unpaired) electrons. The summed E-state index contributed by atoms with van der Waals surface area (Å²) in [4.78, 5) is 12.4. The average molecular weight is 479 g/mol. The summed E-state index contributed by atoms with van der Waals surface area (Å²) >= 11 is 11.8. The second kappa shape index (κ2) is 10.3. The maximum absolute atomic E-state index is 12.4. The highest BCUT2D eigenvalue weighted by Gasteiger charge is 2.11. The largest absolute Gasteiger partial charge is 0.489 e. The number of amides is 1. The van der Waals surface area contributed by atoms with E-state index >= 15 is 0 Å². The Kier molecular flexibility index (Phi) is 7.07. The molecule has 0 saturated carbocycles. The Morgan fingerprint density at radius 3 is 2.27 bits per heavy atom. The van der Waals surface area contributed by atoms with Gasteiger partial charge >= 0.3 is 0 Å². The minimum Gasteiger partial charge on any atom is -0.489 e. The molecule has 0 fully saturated rings. The van der Waals surface area contributed by atoms with E-state index in [2.05, 4.69) is 20.7 Å². The van der Waals surface area contributed by atoms with Gasteiger partial charge in [0.15, 0.2) is 0 Å². The number of aromatic amines is 1. The molecular weight excluding hydrogens is 459 g/mol. The Hall–Kier alpha value is -3.61. The average Bonchev–Trinajstić information content (AvgIpc) is 3.33. The number of nitrogens with one attached hydrogen (secondary N) is 2. The minimum absolute atomic E-state index is 0.306. The van der Waals surface area contributed by atoms with Crippen LogP contribution in [0.15, 0.2) is 84.0 Å². The third-order valence-electron chi connectivity index (χ3n) is 4.88. The molecule has 33 heavy (non-hydrogen) atoms. The summed E-state index contributed by atoms with van der Waals surface area (Å²) in [6.45, 7) is 2.25. The standard InChI is InChI=1S/C25H20Cl2N4O2/c1-16(18-4-10-21(27)11-5-18)28-31-25(32)24-14-23(29-30-24)19-6-12-22(13-7-19)33-15-17-2-8-20(26)9-3-17/h2-14H,15H2,1H3,(H,29,30)(H,31,32)/b28-16+. The number of carbonyl (C=O) groups excluding carboxylic acids is 1. The summed E-state index contributed by atoms with van der Waals surface area (Å²) in [7, 11) is 0. The van der Waals surface area contributed by atoms with Crippen molar-refractivity contribution in [3.8, 4) is 17.0 Å². The Labute approximate surface area is 201 Å². The molecular formula is C25H20Cl2N4O2. The van der Waals surface area contributed by atoms with Crippen LogP contribution < -0.4 is 10.2 Å². The van der Waals surface area contributed by atoms with Crippen LogP contribution in [0.5, 0.6) is 5.75 Å². The van der Waals surface area contributed by atoms with Crippen molar-refractivity contribution in [3.05, 3.63) is 106 Å². The van der Waals surface area contributed by atoms with E-state index in [1.807, 2.05) is 60.7 Å². The van der Waals surface area contributed by atoms with Gasteiger partial charge < -0.3 is 4.74 Å². The second-order valence-electron chi connectivity index (χ2n) is 7.25. The van der Waals surface area contributed by atoms with Crippen molar-refractivity contribution in [1.29, 1.82) is 0 Å². The zero-order chi connectivity index (χ0) is 23.2. The van der Waals surface area contributed by atoms with Crippen LogP contribution >= 0.6 is 23.2 Å². The first-order valence-corrected chi connectivity index (χ1v) is 10.9. The van der Waals surface area contributed by atoms with Gasteiger partial charge in [-0.25, -0.2) is 5.43 Å². The molecule has 0 aliphatic heterocycles. The van der Waals surface area contributed by atoms with Gasteiger partial charge in [0.1, 0.15) is 18.1 Å². The lowest BCUT2D eigenvalue weighted by Crippen LogP contribution is -2.19. The Bertz CT molecular complexity index is 1270. The van der Waals surface area contributed by atoms with Crippen LogP contribution in [-0.4, -0.2) is 21.8 Å². The molecule has 0 aliphatic rings. The lowest BCUT2D eigenvalue weighted by atomic mass is 10.1. The van der Waals surface area contributed by atoms with Gasteiger partial charge in [-0.15, -0.1) is 0 Å². The van der Waals surface area contributed by atoms with Crippen molar-refractivity contribution in [2.45, 2.75) is 13.5 Å². The predicted molar refractivity (Wildman–Crippen MR) is 131 cm³/mol. The first-order chi connectivity index (χ1) is 16.0. The van der Waals surface area contributed by atoms with Crippen LogP contribution in [0.25, 0.3) is 11.3 Å². The molecule has 4 rings (SSSR count). The quantitative estimate of drug-likeness (QED) is 0.248. The van der Waals surface area contributed by atoms with Gasteiger partial charge in [-0.05, 0) is 72.6 Å². The monoisotopic (exact) mass is 478 g/mol. The molecule has 1 aromatic heterocycles. The first-order valence-electron chi connectivity index (χ1n) is 10.1. The molecule has 0 atom stereocenters. The van der Waals surface area contributed by atoms with Crippen molar-refractivity contribution in [3.63, 3.8) is 0 Å². The first kappa shape index (κ1) is 22.6. The van der Waals surface area contributed by atoms with Gasteiger partial charge in [0, 0.05) is 15.6 Å². The van der Waals surface area contributed by atoms with Gasteiger partial charge in [-0.1, -0.05) is 47.5 Å². The van der Waals surface area contributed by atoms with Gasteiger partial charge in [-0.3, -0.25) is 9.89 Å². The maximum atomic E-state index is 12.4. The lowest BCUT2D eigenvalue weighted by molar-refractivity contribution is 0.0950. The number of nitrogens with zero attached hydrogens (tertiary/aromatic N) is 2. The number of hydrogen-bond acceptors (Lipinski definition) is 4. The number of H-pyrrole nitrogens is 1. The molecule has 1 heterocycles. The molecule has 0 unspecified atom stereocenters. The summed E-state index contributed by atoms with van der Waals surface area (Å²) in [6.07, 6.45) is 0. The van der Waals surface area contributed by atoms with Gasteiger partial charge in [-0.2, -0.15) is 10.2 Å². The summed E-state index contributed by atoms with van der Waals surface area (Å²) in [5.41, 5.74) is 6.89. The highest BCUT2D eigenvalue weighted by Crippen LogP contribution is 2.22. The van der Waals surface area contributed by atoms with E-state index in [1.165, 1.54) is 0 Å². The van der Waals surface area contributed by atoms with E-state index in [0.29, 0.717) is 33.8 Å². The molecule has 6 nitrogen and oxygen atoms in total. The molecule has 0 saturated heterocycles. The van der Waals surface area contributed by atoms with Gasteiger partial charge in [0.25, 0.3) is 5.91 Å². The number of carbonyl (C=O) groups is 1. The van der Waals surface area contributed by atoms with Crippen LogP contribution in [0.2, 0.25) is 10.0 Å². The molecule has 8 heteroatoms. The van der Waals surface area contributed by atoms with Crippen molar-refractivity contribution < 1.29 is 9.53 Å². The fourth-order valence-corrected chi connectivity index (χ4v) is 3.26. The molecule has 166 valence electrons. The molecule has 4 aromatic rings. The van der Waals surface area contributed by atoms with Gasteiger partial charge in [0.05, 0.1) is 11.4 Å². The van der Waals surface area contributed by atoms with E-state index in [0.717, 1.165) is 22.4 Å². The summed E-state index contributed by atoms with van der Waals surface area (Å²) in [5.74, 6) is 0.346. The summed E-state index contributed by atoms with van der Waals surface area (Å²) in [6, 6.07) is 23.9. The minimum atomic E-state index is -0.384. The Balaban J connectivity index is 1.36. The van der Waals surface area contributed by atoms with E-state index < -0.39 is 0 Å². The third-order valence-corrected chi connectivity index (χ3v) is 5.38. The predicted octanol–water partition coefficient (Wildman–Crippen LogP) is 6.12. The molecule has 2 N–H and O–H groups in total. The SMILES string of the molecule is C/C(=N\NC(=O)c1cc(-c2ccc(OCc3ccc(Cl)cc3)cc2)n[nH]1)c1ccc(Cl)cc1.